The number of aldehydes is 1. The van der Waals surface area contributed by atoms with Gasteiger partial charge in [-0.25, -0.2) is 8.78 Å². The van der Waals surface area contributed by atoms with E-state index in [1.54, 1.807) is 0 Å². The van der Waals surface area contributed by atoms with Crippen LogP contribution in [0.2, 0.25) is 0 Å². The zero-order valence-electron chi connectivity index (χ0n) is 6.47. The molecule has 0 radical (unpaired) electrons. The van der Waals surface area contributed by atoms with Gasteiger partial charge in [-0.3, -0.25) is 4.79 Å². The van der Waals surface area contributed by atoms with E-state index >= 15 is 0 Å². The normalized spacial score (nSPS) is 10.6. The monoisotopic (exact) mass is 181 g/mol. The number of halogens is 2. The van der Waals surface area contributed by atoms with Crippen LogP contribution in [-0.4, -0.2) is 11.3 Å². The standard InChI is InChI=1S/C9H5F2NO/c10-6-1-5-2-7(4-13)12-9(5)8(11)3-6/h1-4,12H. The Labute approximate surface area is 72.2 Å². The molecular weight excluding hydrogens is 176 g/mol. The maximum atomic E-state index is 13.0. The van der Waals surface area contributed by atoms with Crippen LogP contribution in [0.15, 0.2) is 18.2 Å². The van der Waals surface area contributed by atoms with E-state index in [1.807, 2.05) is 0 Å². The second-order valence-corrected chi connectivity index (χ2v) is 2.69. The van der Waals surface area contributed by atoms with Crippen LogP contribution < -0.4 is 0 Å². The molecule has 0 atom stereocenters. The highest BCUT2D eigenvalue weighted by molar-refractivity contribution is 5.88. The molecule has 0 aliphatic heterocycles. The van der Waals surface area contributed by atoms with E-state index in [0.717, 1.165) is 6.07 Å². The van der Waals surface area contributed by atoms with Gasteiger partial charge in [0.2, 0.25) is 0 Å². The van der Waals surface area contributed by atoms with E-state index in [-0.39, 0.29) is 11.2 Å². The number of aromatic amines is 1. The molecule has 0 fully saturated rings. The van der Waals surface area contributed by atoms with Gasteiger partial charge in [0.15, 0.2) is 6.29 Å². The van der Waals surface area contributed by atoms with Crippen molar-refractivity contribution in [2.45, 2.75) is 0 Å². The summed E-state index contributed by atoms with van der Waals surface area (Å²) < 4.78 is 25.7. The van der Waals surface area contributed by atoms with E-state index in [0.29, 0.717) is 11.7 Å². The molecule has 2 rings (SSSR count). The minimum absolute atomic E-state index is 0.156. The SMILES string of the molecule is O=Cc1cc2cc(F)cc(F)c2[nH]1. The number of fused-ring (bicyclic) bond motifs is 1. The first-order valence-corrected chi connectivity index (χ1v) is 3.63. The average molecular weight is 181 g/mol. The minimum Gasteiger partial charge on any atom is -0.350 e. The maximum Gasteiger partial charge on any atom is 0.166 e. The fourth-order valence-electron chi connectivity index (χ4n) is 1.25. The molecular formula is C9H5F2NO. The Morgan fingerprint density at radius 2 is 2.00 bits per heavy atom. The second kappa shape index (κ2) is 2.65. The zero-order chi connectivity index (χ0) is 9.42. The summed E-state index contributed by atoms with van der Waals surface area (Å²) in [7, 11) is 0. The van der Waals surface area contributed by atoms with Gasteiger partial charge in [-0.05, 0) is 12.1 Å². The Morgan fingerprint density at radius 1 is 1.23 bits per heavy atom. The summed E-state index contributed by atoms with van der Waals surface area (Å²) in [6.45, 7) is 0. The van der Waals surface area contributed by atoms with Crippen molar-refractivity contribution in [2.24, 2.45) is 0 Å². The van der Waals surface area contributed by atoms with Crippen LogP contribution in [0.4, 0.5) is 8.78 Å². The molecule has 0 saturated carbocycles. The van der Waals surface area contributed by atoms with Crippen molar-refractivity contribution in [3.05, 3.63) is 35.5 Å². The number of hydrogen-bond donors (Lipinski definition) is 1. The first-order chi connectivity index (χ1) is 6.20. The molecule has 1 heterocycles. The Hall–Kier alpha value is -1.71. The number of benzene rings is 1. The molecule has 2 nitrogen and oxygen atoms in total. The predicted molar refractivity (Wildman–Crippen MR) is 43.6 cm³/mol. The summed E-state index contributed by atoms with van der Waals surface area (Å²) in [5.74, 6) is -1.34. The summed E-state index contributed by atoms with van der Waals surface area (Å²) in [5, 5.41) is 0.361. The molecule has 4 heteroatoms. The third-order valence-electron chi connectivity index (χ3n) is 1.79. The van der Waals surface area contributed by atoms with E-state index < -0.39 is 11.6 Å². The first-order valence-electron chi connectivity index (χ1n) is 3.63. The van der Waals surface area contributed by atoms with Crippen LogP contribution in [-0.2, 0) is 0 Å². The van der Waals surface area contributed by atoms with E-state index in [2.05, 4.69) is 4.98 Å². The van der Waals surface area contributed by atoms with Crippen molar-refractivity contribution < 1.29 is 13.6 Å². The van der Waals surface area contributed by atoms with Gasteiger partial charge in [0, 0.05) is 11.5 Å². The summed E-state index contributed by atoms with van der Waals surface area (Å²) >= 11 is 0. The van der Waals surface area contributed by atoms with Crippen LogP contribution in [0.1, 0.15) is 10.5 Å². The van der Waals surface area contributed by atoms with Gasteiger partial charge in [0.05, 0.1) is 11.2 Å². The molecule has 66 valence electrons. The highest BCUT2D eigenvalue weighted by Gasteiger charge is 2.06. The molecule has 0 aliphatic rings. The lowest BCUT2D eigenvalue weighted by Gasteiger charge is -1.92. The molecule has 0 saturated heterocycles. The summed E-state index contributed by atoms with van der Waals surface area (Å²) in [6, 6.07) is 3.34. The van der Waals surface area contributed by atoms with Crippen molar-refractivity contribution in [2.75, 3.05) is 0 Å². The van der Waals surface area contributed by atoms with Crippen molar-refractivity contribution in [3.8, 4) is 0 Å². The molecule has 0 aliphatic carbocycles. The van der Waals surface area contributed by atoms with Crippen LogP contribution in [0.3, 0.4) is 0 Å². The third kappa shape index (κ3) is 1.20. The number of nitrogens with one attached hydrogen (secondary N) is 1. The van der Waals surface area contributed by atoms with E-state index in [1.165, 1.54) is 12.1 Å². The number of carbonyl (C=O) groups is 1. The maximum absolute atomic E-state index is 13.0. The molecule has 0 bridgehead atoms. The molecule has 1 aromatic heterocycles. The first kappa shape index (κ1) is 7.91. The average Bonchev–Trinajstić information content (AvgIpc) is 2.47. The molecule has 0 spiro atoms. The van der Waals surface area contributed by atoms with Crippen molar-refractivity contribution in [3.63, 3.8) is 0 Å². The van der Waals surface area contributed by atoms with Crippen LogP contribution in [0.5, 0.6) is 0 Å². The lowest BCUT2D eigenvalue weighted by Crippen LogP contribution is -1.81. The fraction of sp³-hybridized carbons (Fsp3) is 0. The van der Waals surface area contributed by atoms with Crippen molar-refractivity contribution >= 4 is 17.2 Å². The fourth-order valence-corrected chi connectivity index (χ4v) is 1.25. The van der Waals surface area contributed by atoms with Gasteiger partial charge in [-0.2, -0.15) is 0 Å². The zero-order valence-corrected chi connectivity index (χ0v) is 6.47. The topological polar surface area (TPSA) is 32.9 Å². The van der Waals surface area contributed by atoms with Gasteiger partial charge in [0.25, 0.3) is 0 Å². The highest BCUT2D eigenvalue weighted by Crippen LogP contribution is 2.19. The molecule has 1 N–H and O–H groups in total. The van der Waals surface area contributed by atoms with Gasteiger partial charge in [-0.15, -0.1) is 0 Å². The Bertz CT molecular complexity index is 476. The largest absolute Gasteiger partial charge is 0.350 e. The van der Waals surface area contributed by atoms with Gasteiger partial charge in [-0.1, -0.05) is 0 Å². The van der Waals surface area contributed by atoms with Crippen LogP contribution >= 0.6 is 0 Å². The lowest BCUT2D eigenvalue weighted by atomic mass is 10.2. The predicted octanol–water partition coefficient (Wildman–Crippen LogP) is 2.26. The summed E-state index contributed by atoms with van der Waals surface area (Å²) in [5.41, 5.74) is 0.392. The number of carbonyl (C=O) groups excluding carboxylic acids is 1. The summed E-state index contributed by atoms with van der Waals surface area (Å²) in [6.07, 6.45) is 0.553. The molecule has 13 heavy (non-hydrogen) atoms. The second-order valence-electron chi connectivity index (χ2n) is 2.69. The van der Waals surface area contributed by atoms with Crippen molar-refractivity contribution in [1.29, 1.82) is 0 Å². The van der Waals surface area contributed by atoms with Crippen molar-refractivity contribution in [1.82, 2.24) is 4.98 Å². The molecule has 0 amide bonds. The van der Waals surface area contributed by atoms with E-state index in [4.69, 9.17) is 0 Å². The van der Waals surface area contributed by atoms with Gasteiger partial charge in [0.1, 0.15) is 11.6 Å². The smallest absolute Gasteiger partial charge is 0.166 e. The van der Waals surface area contributed by atoms with E-state index in [9.17, 15) is 13.6 Å². The number of H-pyrrole nitrogens is 1. The lowest BCUT2D eigenvalue weighted by molar-refractivity contribution is 0.112. The Kier molecular flexibility index (Phi) is 1.62. The van der Waals surface area contributed by atoms with Crippen LogP contribution in [0.25, 0.3) is 10.9 Å². The number of rotatable bonds is 1. The minimum atomic E-state index is -0.692. The summed E-state index contributed by atoms with van der Waals surface area (Å²) in [4.78, 5) is 12.9. The Morgan fingerprint density at radius 3 is 2.69 bits per heavy atom. The quantitative estimate of drug-likeness (QED) is 0.672. The van der Waals surface area contributed by atoms with Crippen LogP contribution in [0, 0.1) is 11.6 Å². The molecule has 2 aromatic rings. The molecule has 1 aromatic carbocycles. The third-order valence-corrected chi connectivity index (χ3v) is 1.79. The molecule has 0 unspecified atom stereocenters. The van der Waals surface area contributed by atoms with Gasteiger partial charge >= 0.3 is 0 Å². The number of hydrogen-bond acceptors (Lipinski definition) is 1. The Balaban J connectivity index is 2.82. The van der Waals surface area contributed by atoms with Gasteiger partial charge < -0.3 is 4.98 Å². The highest BCUT2D eigenvalue weighted by atomic mass is 19.1. The number of aromatic nitrogens is 1.